The van der Waals surface area contributed by atoms with Gasteiger partial charge in [0.1, 0.15) is 41.7 Å². The van der Waals surface area contributed by atoms with Crippen LogP contribution in [-0.4, -0.2) is 19.9 Å². The Morgan fingerprint density at radius 1 is 0.538 bits per heavy atom. The molecular weight excluding hydrogens is 542 g/mol. The highest BCUT2D eigenvalue weighted by Gasteiger charge is 2.08. The largest absolute Gasteiger partial charge is 0.366 e. The molecule has 0 atom stereocenters. The van der Waals surface area contributed by atoms with Gasteiger partial charge in [-0.15, -0.1) is 0 Å². The van der Waals surface area contributed by atoms with E-state index in [-0.39, 0.29) is 0 Å². The molecule has 7 rings (SSSR count). The van der Waals surface area contributed by atoms with Crippen molar-refractivity contribution in [3.05, 3.63) is 126 Å². The van der Waals surface area contributed by atoms with Crippen LogP contribution in [-0.2, 0) is 6.54 Å². The van der Waals surface area contributed by atoms with Crippen LogP contribution < -0.4 is 5.32 Å². The van der Waals surface area contributed by atoms with Crippen LogP contribution in [0.1, 0.15) is 5.56 Å². The fraction of sp³-hybridized carbons (Fsp3) is 0.0323. The molecule has 0 aliphatic heterocycles. The summed E-state index contributed by atoms with van der Waals surface area (Å²) >= 11 is 9.02. The second-order valence-electron chi connectivity index (χ2n) is 8.59. The Balaban J connectivity index is 0.000000151. The minimum atomic E-state index is 0.510. The van der Waals surface area contributed by atoms with Crippen LogP contribution in [0.4, 0.5) is 5.82 Å². The van der Waals surface area contributed by atoms with E-state index < -0.39 is 0 Å². The van der Waals surface area contributed by atoms with Crippen molar-refractivity contribution < 1.29 is 0 Å². The third-order valence-corrected chi connectivity index (χ3v) is 8.07. The minimum absolute atomic E-state index is 0.510. The van der Waals surface area contributed by atoms with Crippen LogP contribution in [0.15, 0.2) is 115 Å². The van der Waals surface area contributed by atoms with Crippen LogP contribution in [0.3, 0.4) is 0 Å². The summed E-state index contributed by atoms with van der Waals surface area (Å²) in [5, 5.41) is 5.86. The van der Waals surface area contributed by atoms with Crippen molar-refractivity contribution in [2.24, 2.45) is 0 Å². The van der Waals surface area contributed by atoms with Crippen molar-refractivity contribution in [2.45, 2.75) is 6.54 Å². The van der Waals surface area contributed by atoms with Gasteiger partial charge in [0, 0.05) is 17.7 Å². The van der Waals surface area contributed by atoms with Crippen LogP contribution in [0, 0.1) is 0 Å². The topological polar surface area (TPSA) is 63.6 Å². The van der Waals surface area contributed by atoms with Gasteiger partial charge >= 0.3 is 0 Å². The molecule has 0 aliphatic rings. The van der Waals surface area contributed by atoms with Crippen LogP contribution >= 0.6 is 34.3 Å². The molecule has 5 nitrogen and oxygen atoms in total. The van der Waals surface area contributed by atoms with E-state index in [2.05, 4.69) is 49.5 Å². The predicted octanol–water partition coefficient (Wildman–Crippen LogP) is 8.98. The first-order valence-corrected chi connectivity index (χ1v) is 14.3. The number of pyridine rings is 2. The minimum Gasteiger partial charge on any atom is -0.366 e. The number of hydrogen-bond donors (Lipinski definition) is 1. The summed E-state index contributed by atoms with van der Waals surface area (Å²) in [6.07, 6.45) is 0. The zero-order chi connectivity index (χ0) is 26.4. The van der Waals surface area contributed by atoms with Gasteiger partial charge in [0.15, 0.2) is 0 Å². The van der Waals surface area contributed by atoms with E-state index in [4.69, 9.17) is 11.6 Å². The highest BCUT2D eigenvalue weighted by atomic mass is 35.5. The Kier molecular flexibility index (Phi) is 7.54. The number of hydrogen-bond acceptors (Lipinski definition) is 7. The fourth-order valence-electron chi connectivity index (χ4n) is 3.91. The number of halogens is 1. The lowest BCUT2D eigenvalue weighted by Gasteiger charge is -2.04. The normalized spacial score (nSPS) is 10.8. The molecule has 0 unspecified atom stereocenters. The number of rotatable bonds is 5. The van der Waals surface area contributed by atoms with Gasteiger partial charge in [0.25, 0.3) is 0 Å². The van der Waals surface area contributed by atoms with Crippen LogP contribution in [0.2, 0.25) is 5.15 Å². The molecule has 0 spiro atoms. The Hall–Kier alpha value is -4.17. The van der Waals surface area contributed by atoms with Crippen LogP contribution in [0.25, 0.3) is 41.8 Å². The van der Waals surface area contributed by atoms with E-state index in [1.165, 1.54) is 5.56 Å². The quantitative estimate of drug-likeness (QED) is 0.212. The van der Waals surface area contributed by atoms with Crippen molar-refractivity contribution in [1.29, 1.82) is 0 Å². The lowest BCUT2D eigenvalue weighted by molar-refractivity contribution is 1.12. The molecule has 0 saturated heterocycles. The highest BCUT2D eigenvalue weighted by molar-refractivity contribution is 7.21. The van der Waals surface area contributed by atoms with Crippen molar-refractivity contribution >= 4 is 60.8 Å². The molecule has 7 aromatic rings. The Morgan fingerprint density at radius 3 is 1.64 bits per heavy atom. The number of benzene rings is 3. The smallest absolute Gasteiger partial charge is 0.146 e. The van der Waals surface area contributed by atoms with Crippen molar-refractivity contribution in [3.63, 3.8) is 0 Å². The molecule has 8 heteroatoms. The summed E-state index contributed by atoms with van der Waals surface area (Å²) in [5.74, 6) is 0.879. The first-order valence-electron chi connectivity index (χ1n) is 12.3. The number of thiazole rings is 2. The van der Waals surface area contributed by atoms with Gasteiger partial charge in [-0.3, -0.25) is 0 Å². The first-order chi connectivity index (χ1) is 19.2. The molecule has 0 bridgehead atoms. The first kappa shape index (κ1) is 25.1. The molecule has 0 radical (unpaired) electrons. The van der Waals surface area contributed by atoms with E-state index in [1.807, 2.05) is 84.9 Å². The summed E-state index contributed by atoms with van der Waals surface area (Å²) in [7, 11) is 0. The zero-order valence-electron chi connectivity index (χ0n) is 20.7. The predicted molar refractivity (Wildman–Crippen MR) is 164 cm³/mol. The molecular formula is C31H22ClN5S2. The van der Waals surface area contributed by atoms with Gasteiger partial charge in [0.05, 0.1) is 0 Å². The molecule has 0 fully saturated rings. The molecule has 190 valence electrons. The lowest BCUT2D eigenvalue weighted by atomic mass is 10.2. The summed E-state index contributed by atoms with van der Waals surface area (Å²) in [6.45, 7) is 0.768. The summed E-state index contributed by atoms with van der Waals surface area (Å²) in [5.41, 5.74) is 5.33. The second kappa shape index (κ2) is 11.7. The molecule has 39 heavy (non-hydrogen) atoms. The van der Waals surface area contributed by atoms with Gasteiger partial charge in [0.2, 0.25) is 0 Å². The number of fused-ring (bicyclic) bond motifs is 2. The maximum Gasteiger partial charge on any atom is 0.146 e. The lowest BCUT2D eigenvalue weighted by Crippen LogP contribution is -2.00. The monoisotopic (exact) mass is 563 g/mol. The zero-order valence-corrected chi connectivity index (χ0v) is 23.0. The van der Waals surface area contributed by atoms with Crippen LogP contribution in [0.5, 0.6) is 0 Å². The fourth-order valence-corrected chi connectivity index (χ4v) is 5.99. The Bertz CT molecular complexity index is 1820. The van der Waals surface area contributed by atoms with E-state index in [0.717, 1.165) is 54.2 Å². The van der Waals surface area contributed by atoms with Gasteiger partial charge < -0.3 is 5.32 Å². The molecule has 0 saturated carbocycles. The Morgan fingerprint density at radius 2 is 1.05 bits per heavy atom. The van der Waals surface area contributed by atoms with Gasteiger partial charge in [-0.2, -0.15) is 0 Å². The molecule has 4 aromatic heterocycles. The van der Waals surface area contributed by atoms with Crippen molar-refractivity contribution in [2.75, 3.05) is 5.32 Å². The van der Waals surface area contributed by atoms with E-state index in [1.54, 1.807) is 28.7 Å². The standard InChI is InChI=1S/C19H15N3S.C12H7ClN2S/c1-3-7-14(8-4-1)13-20-17-12-11-16-19(22-17)23-18(21-16)15-9-5-2-6-10-15;13-10-7-6-9-12(15-10)16-11(14-9)8-4-2-1-3-5-8/h1-12H,13H2,(H,20,22);1-7H. The van der Waals surface area contributed by atoms with E-state index in [0.29, 0.717) is 5.15 Å². The average Bonchev–Trinajstić information content (AvgIpc) is 3.62. The summed E-state index contributed by atoms with van der Waals surface area (Å²) < 4.78 is 0. The summed E-state index contributed by atoms with van der Waals surface area (Å²) in [4.78, 5) is 20.0. The molecule has 0 aliphatic carbocycles. The maximum atomic E-state index is 5.84. The molecule has 4 heterocycles. The number of aromatic nitrogens is 4. The molecule has 1 N–H and O–H groups in total. The second-order valence-corrected chi connectivity index (χ2v) is 10.9. The maximum absolute atomic E-state index is 5.84. The highest BCUT2D eigenvalue weighted by Crippen LogP contribution is 2.30. The number of nitrogens with one attached hydrogen (secondary N) is 1. The average molecular weight is 564 g/mol. The third-order valence-electron chi connectivity index (χ3n) is 5.84. The van der Waals surface area contributed by atoms with Crippen molar-refractivity contribution in [1.82, 2.24) is 19.9 Å². The van der Waals surface area contributed by atoms with Crippen molar-refractivity contribution in [3.8, 4) is 21.1 Å². The molecule has 3 aromatic carbocycles. The SMILES string of the molecule is Clc1ccc2nc(-c3ccccc3)sc2n1.c1ccc(CNc2ccc3nc(-c4ccccc4)sc3n2)cc1. The van der Waals surface area contributed by atoms with Gasteiger partial charge in [-0.25, -0.2) is 19.9 Å². The number of anilines is 1. The Labute approximate surface area is 238 Å². The van der Waals surface area contributed by atoms with E-state index in [9.17, 15) is 0 Å². The van der Waals surface area contributed by atoms with Gasteiger partial charge in [-0.1, -0.05) is 125 Å². The summed E-state index contributed by atoms with van der Waals surface area (Å²) in [6, 6.07) is 38.3. The number of nitrogens with zero attached hydrogens (tertiary/aromatic N) is 4. The molecule has 0 amide bonds. The van der Waals surface area contributed by atoms with Gasteiger partial charge in [-0.05, 0) is 29.8 Å². The van der Waals surface area contributed by atoms with E-state index >= 15 is 0 Å². The third kappa shape index (κ3) is 6.12.